The Morgan fingerprint density at radius 3 is 2.77 bits per heavy atom. The normalized spacial score (nSPS) is 14.8. The van der Waals surface area contributed by atoms with Crippen LogP contribution in [0.25, 0.3) is 10.1 Å². The largest absolute Gasteiger partial charge is 0.339 e. The van der Waals surface area contributed by atoms with Crippen LogP contribution in [0, 0.1) is 0 Å². The van der Waals surface area contributed by atoms with Crippen LogP contribution in [0.3, 0.4) is 0 Å². The first-order valence-electron chi connectivity index (χ1n) is 10.1. The average Bonchev–Trinajstić information content (AvgIpc) is 3.23. The molecule has 1 aliphatic heterocycles. The Morgan fingerprint density at radius 2 is 2.00 bits per heavy atom. The van der Waals surface area contributed by atoms with Crippen molar-refractivity contribution in [2.75, 3.05) is 17.8 Å². The number of rotatable bonds is 6. The molecule has 0 saturated carbocycles. The van der Waals surface area contributed by atoms with E-state index in [9.17, 15) is 13.2 Å². The molecule has 1 N–H and O–H groups in total. The minimum absolute atomic E-state index is 0.0778. The van der Waals surface area contributed by atoms with E-state index in [2.05, 4.69) is 21.0 Å². The lowest BCUT2D eigenvalue weighted by Crippen LogP contribution is -2.36. The van der Waals surface area contributed by atoms with Gasteiger partial charge in [0.25, 0.3) is 15.9 Å². The van der Waals surface area contributed by atoms with E-state index in [4.69, 9.17) is 0 Å². The van der Waals surface area contributed by atoms with E-state index in [1.807, 2.05) is 6.07 Å². The van der Waals surface area contributed by atoms with E-state index in [1.165, 1.54) is 23.9 Å². The van der Waals surface area contributed by atoms with Gasteiger partial charge in [-0.05, 0) is 61.0 Å². The van der Waals surface area contributed by atoms with Gasteiger partial charge < -0.3 is 4.90 Å². The van der Waals surface area contributed by atoms with Gasteiger partial charge in [-0.1, -0.05) is 19.4 Å². The molecule has 2 aromatic heterocycles. The van der Waals surface area contributed by atoms with E-state index in [-0.39, 0.29) is 10.9 Å². The Labute approximate surface area is 180 Å². The molecule has 0 aliphatic carbocycles. The number of likely N-dealkylation sites (tertiary alicyclic amines) is 1. The summed E-state index contributed by atoms with van der Waals surface area (Å²) in [5.74, 6) is -0.140. The van der Waals surface area contributed by atoms with Crippen molar-refractivity contribution in [2.24, 2.45) is 0 Å². The van der Waals surface area contributed by atoms with Gasteiger partial charge >= 0.3 is 0 Å². The molecular formula is C21H24N4O3S2. The first kappa shape index (κ1) is 20.7. The molecule has 7 nitrogen and oxygen atoms in total. The molecule has 1 fully saturated rings. The second-order valence-corrected chi connectivity index (χ2v) is 9.87. The minimum atomic E-state index is -3.99. The fraction of sp³-hybridized carbons (Fsp3) is 0.381. The molecule has 1 aliphatic rings. The molecule has 3 heterocycles. The van der Waals surface area contributed by atoms with E-state index in [0.29, 0.717) is 29.7 Å². The zero-order valence-electron chi connectivity index (χ0n) is 16.8. The summed E-state index contributed by atoms with van der Waals surface area (Å²) in [6.45, 7) is 3.46. The van der Waals surface area contributed by atoms with Gasteiger partial charge in [0.15, 0.2) is 5.03 Å². The number of anilines is 1. The standard InChI is InChI=1S/C21H24N4O3S2/c1-2-6-15-7-8-16(21(26)25-11-4-3-5-12-25)18(13-15)24-30(27,28)20-17-14-23-29-19(17)9-10-22-20/h7-10,13-14,24H,2-6,11-12H2,1H3. The average molecular weight is 445 g/mol. The van der Waals surface area contributed by atoms with Crippen molar-refractivity contribution in [3.05, 3.63) is 47.8 Å². The number of nitrogens with zero attached hydrogens (tertiary/aromatic N) is 3. The summed E-state index contributed by atoms with van der Waals surface area (Å²) < 4.78 is 33.9. The maximum Gasteiger partial charge on any atom is 0.280 e. The molecule has 0 atom stereocenters. The topological polar surface area (TPSA) is 92.3 Å². The van der Waals surface area contributed by atoms with Gasteiger partial charge in [-0.2, -0.15) is 12.8 Å². The second-order valence-electron chi connectivity index (χ2n) is 7.44. The van der Waals surface area contributed by atoms with Gasteiger partial charge in [0.1, 0.15) is 0 Å². The zero-order valence-corrected chi connectivity index (χ0v) is 18.4. The van der Waals surface area contributed by atoms with Gasteiger partial charge in [-0.25, -0.2) is 4.98 Å². The highest BCUT2D eigenvalue weighted by molar-refractivity contribution is 7.92. The third-order valence-electron chi connectivity index (χ3n) is 5.24. The molecule has 158 valence electrons. The lowest BCUT2D eigenvalue weighted by atomic mass is 10.0. The van der Waals surface area contributed by atoms with Crippen molar-refractivity contribution in [1.29, 1.82) is 0 Å². The van der Waals surface area contributed by atoms with E-state index in [0.717, 1.165) is 42.4 Å². The second kappa shape index (κ2) is 8.69. The zero-order chi connectivity index (χ0) is 21.1. The van der Waals surface area contributed by atoms with E-state index < -0.39 is 10.0 Å². The number of aromatic nitrogens is 2. The van der Waals surface area contributed by atoms with Gasteiger partial charge in [0.2, 0.25) is 0 Å². The number of benzene rings is 1. The molecule has 0 spiro atoms. The Hall–Kier alpha value is -2.52. The summed E-state index contributed by atoms with van der Waals surface area (Å²) in [6, 6.07) is 7.14. The lowest BCUT2D eigenvalue weighted by Gasteiger charge is -2.27. The molecule has 4 rings (SSSR count). The minimum Gasteiger partial charge on any atom is -0.339 e. The summed E-state index contributed by atoms with van der Waals surface area (Å²) in [6.07, 6.45) is 7.75. The molecule has 3 aromatic rings. The van der Waals surface area contributed by atoms with Gasteiger partial charge in [-0.15, -0.1) is 0 Å². The maximum absolute atomic E-state index is 13.2. The summed E-state index contributed by atoms with van der Waals surface area (Å²) in [5, 5.41) is 0.398. The Bertz CT molecular complexity index is 1170. The van der Waals surface area contributed by atoms with Crippen LogP contribution >= 0.6 is 11.5 Å². The molecule has 1 saturated heterocycles. The van der Waals surface area contributed by atoms with Crippen LogP contribution in [0.1, 0.15) is 48.5 Å². The highest BCUT2D eigenvalue weighted by Gasteiger charge is 2.26. The molecular weight excluding hydrogens is 420 g/mol. The fourth-order valence-electron chi connectivity index (χ4n) is 3.75. The molecule has 9 heteroatoms. The summed E-state index contributed by atoms with van der Waals surface area (Å²) in [5.41, 5.74) is 1.66. The van der Waals surface area contributed by atoms with Crippen molar-refractivity contribution >= 4 is 43.2 Å². The summed E-state index contributed by atoms with van der Waals surface area (Å²) in [4.78, 5) is 19.0. The summed E-state index contributed by atoms with van der Waals surface area (Å²) in [7, 11) is -3.99. The van der Waals surface area contributed by atoms with Crippen molar-refractivity contribution in [2.45, 2.75) is 44.1 Å². The molecule has 30 heavy (non-hydrogen) atoms. The number of sulfonamides is 1. The van der Waals surface area contributed by atoms with Crippen LogP contribution in [0.5, 0.6) is 0 Å². The van der Waals surface area contributed by atoms with Crippen LogP contribution in [0.4, 0.5) is 5.69 Å². The predicted octanol–water partition coefficient (Wildman–Crippen LogP) is 4.07. The Morgan fingerprint density at radius 1 is 1.20 bits per heavy atom. The fourth-order valence-corrected chi connectivity index (χ4v) is 5.67. The summed E-state index contributed by atoms with van der Waals surface area (Å²) >= 11 is 1.22. The smallest absolute Gasteiger partial charge is 0.280 e. The maximum atomic E-state index is 13.2. The van der Waals surface area contributed by atoms with Gasteiger partial charge in [0, 0.05) is 19.3 Å². The van der Waals surface area contributed by atoms with E-state index >= 15 is 0 Å². The highest BCUT2D eigenvalue weighted by Crippen LogP contribution is 2.28. The van der Waals surface area contributed by atoms with E-state index in [1.54, 1.807) is 23.1 Å². The molecule has 0 radical (unpaired) electrons. The third kappa shape index (κ3) is 4.17. The number of hydrogen-bond donors (Lipinski definition) is 1. The van der Waals surface area contributed by atoms with Crippen LogP contribution in [0.15, 0.2) is 41.7 Å². The van der Waals surface area contributed by atoms with Crippen LogP contribution < -0.4 is 4.72 Å². The quantitative estimate of drug-likeness (QED) is 0.619. The molecule has 1 aromatic carbocycles. The number of aryl methyl sites for hydroxylation is 1. The highest BCUT2D eigenvalue weighted by atomic mass is 32.2. The molecule has 0 unspecified atom stereocenters. The lowest BCUT2D eigenvalue weighted by molar-refractivity contribution is 0.0725. The predicted molar refractivity (Wildman–Crippen MR) is 118 cm³/mol. The third-order valence-corrected chi connectivity index (χ3v) is 7.33. The Kier molecular flexibility index (Phi) is 6.01. The number of carbonyl (C=O) groups excluding carboxylic acids is 1. The number of piperidine rings is 1. The number of hydrogen-bond acceptors (Lipinski definition) is 6. The number of pyridine rings is 1. The van der Waals surface area contributed by atoms with Crippen LogP contribution in [-0.4, -0.2) is 41.7 Å². The monoisotopic (exact) mass is 444 g/mol. The van der Waals surface area contributed by atoms with Gasteiger partial charge in [0.05, 0.1) is 27.5 Å². The van der Waals surface area contributed by atoms with Crippen molar-refractivity contribution < 1.29 is 13.2 Å². The first-order chi connectivity index (χ1) is 14.5. The van der Waals surface area contributed by atoms with Gasteiger partial charge in [-0.3, -0.25) is 9.52 Å². The number of carbonyl (C=O) groups is 1. The number of nitrogens with one attached hydrogen (secondary N) is 1. The van der Waals surface area contributed by atoms with Crippen LogP contribution in [0.2, 0.25) is 0 Å². The molecule has 0 bridgehead atoms. The van der Waals surface area contributed by atoms with Crippen LogP contribution in [-0.2, 0) is 16.4 Å². The SMILES string of the molecule is CCCc1ccc(C(=O)N2CCCCC2)c(NS(=O)(=O)c2nccc3sncc23)c1. The number of fused-ring (bicyclic) bond motifs is 1. The number of amides is 1. The van der Waals surface area contributed by atoms with Crippen molar-refractivity contribution in [3.8, 4) is 0 Å². The first-order valence-corrected chi connectivity index (χ1v) is 12.4. The molecule has 1 amide bonds. The van der Waals surface area contributed by atoms with Crippen molar-refractivity contribution in [1.82, 2.24) is 14.3 Å². The Balaban J connectivity index is 1.73. The van der Waals surface area contributed by atoms with Crippen molar-refractivity contribution in [3.63, 3.8) is 0 Å².